The molecule has 0 spiro atoms. The number of nitrogens with zero attached hydrogens (tertiary/aromatic N) is 3. The van der Waals surface area contributed by atoms with E-state index in [4.69, 9.17) is 0 Å². The Morgan fingerprint density at radius 1 is 1.18 bits per heavy atom. The van der Waals surface area contributed by atoms with Crippen LogP contribution in [0.1, 0.15) is 31.4 Å². The van der Waals surface area contributed by atoms with Crippen molar-refractivity contribution in [1.29, 1.82) is 0 Å². The van der Waals surface area contributed by atoms with Gasteiger partial charge in [-0.05, 0) is 60.4 Å². The minimum absolute atomic E-state index is 0.0812. The highest BCUT2D eigenvalue weighted by molar-refractivity contribution is 6.44. The monoisotopic (exact) mass is 459 g/mol. The standard InChI is InChI=1S/C28H30FN3O2/c1-18-16-30-25(15-23(19(18)2)14-21-9-4-6-10-24(21)29)27(33)31-17-22-13-12-20-8-5-7-11-26(20)32(3)28(22)34/h4-11,15,17-19,22H,12-14,16H2,1-3H3/t18-,19?,22?/m1/s1. The van der Waals surface area contributed by atoms with E-state index in [9.17, 15) is 14.0 Å². The number of rotatable bonds is 4. The summed E-state index contributed by atoms with van der Waals surface area (Å²) in [5.41, 5.74) is 3.82. The van der Waals surface area contributed by atoms with Crippen LogP contribution in [0.5, 0.6) is 0 Å². The van der Waals surface area contributed by atoms with E-state index in [1.54, 1.807) is 30.2 Å². The first-order valence-corrected chi connectivity index (χ1v) is 11.8. The molecule has 4 rings (SSSR count). The van der Waals surface area contributed by atoms with Crippen LogP contribution in [-0.2, 0) is 22.4 Å². The maximum absolute atomic E-state index is 14.3. The number of carbonyl (C=O) groups excluding carboxylic acids is 2. The molecule has 5 nitrogen and oxygen atoms in total. The van der Waals surface area contributed by atoms with Crippen molar-refractivity contribution in [2.45, 2.75) is 33.1 Å². The van der Waals surface area contributed by atoms with Gasteiger partial charge in [-0.1, -0.05) is 55.8 Å². The lowest BCUT2D eigenvalue weighted by atomic mass is 9.85. The van der Waals surface area contributed by atoms with Gasteiger partial charge in [0.2, 0.25) is 5.91 Å². The predicted molar refractivity (Wildman–Crippen MR) is 134 cm³/mol. The molecule has 2 aliphatic heterocycles. The Hall–Kier alpha value is -3.41. The van der Waals surface area contributed by atoms with E-state index in [0.717, 1.165) is 23.2 Å². The van der Waals surface area contributed by atoms with E-state index in [-0.39, 0.29) is 29.3 Å². The second-order valence-corrected chi connectivity index (χ2v) is 9.23. The SMILES string of the molecule is CC1C(Cc2ccccc2F)=CC(C(=O)N=CC2CCc3ccccc3N(C)C2=O)=NC[C@H]1C. The number of para-hydroxylation sites is 1. The quantitative estimate of drug-likeness (QED) is 0.614. The number of hydrogen-bond donors (Lipinski definition) is 0. The summed E-state index contributed by atoms with van der Waals surface area (Å²) >= 11 is 0. The van der Waals surface area contributed by atoms with Crippen molar-refractivity contribution in [3.05, 3.63) is 77.1 Å². The third-order valence-electron chi connectivity index (χ3n) is 6.98. The smallest absolute Gasteiger partial charge is 0.294 e. The van der Waals surface area contributed by atoms with Crippen LogP contribution in [0.3, 0.4) is 0 Å². The summed E-state index contributed by atoms with van der Waals surface area (Å²) < 4.78 is 14.3. The van der Waals surface area contributed by atoms with E-state index in [0.29, 0.717) is 24.9 Å². The Morgan fingerprint density at radius 3 is 2.71 bits per heavy atom. The number of aryl methyl sites for hydroxylation is 1. The van der Waals surface area contributed by atoms with Gasteiger partial charge in [0, 0.05) is 25.5 Å². The zero-order valence-electron chi connectivity index (χ0n) is 19.9. The first kappa shape index (κ1) is 23.7. The van der Waals surface area contributed by atoms with Crippen LogP contribution in [0.15, 0.2) is 70.2 Å². The van der Waals surface area contributed by atoms with Crippen LogP contribution in [0, 0.1) is 23.6 Å². The van der Waals surface area contributed by atoms with Gasteiger partial charge < -0.3 is 4.90 Å². The van der Waals surface area contributed by atoms with Crippen LogP contribution >= 0.6 is 0 Å². The van der Waals surface area contributed by atoms with Crippen molar-refractivity contribution in [1.82, 2.24) is 0 Å². The minimum Gasteiger partial charge on any atom is -0.315 e. The summed E-state index contributed by atoms with van der Waals surface area (Å²) in [6.45, 7) is 4.66. The molecule has 2 unspecified atom stereocenters. The number of fused-ring (bicyclic) bond motifs is 1. The second kappa shape index (κ2) is 10.2. The molecule has 0 aliphatic carbocycles. The van der Waals surface area contributed by atoms with E-state index in [1.807, 2.05) is 30.3 Å². The minimum atomic E-state index is -0.479. The van der Waals surface area contributed by atoms with Crippen molar-refractivity contribution in [3.8, 4) is 0 Å². The lowest BCUT2D eigenvalue weighted by Gasteiger charge is -2.20. The zero-order chi connectivity index (χ0) is 24.2. The lowest BCUT2D eigenvalue weighted by molar-refractivity contribution is -0.120. The molecule has 0 fully saturated rings. The van der Waals surface area contributed by atoms with Crippen LogP contribution in [-0.4, -0.2) is 37.3 Å². The number of halogens is 1. The van der Waals surface area contributed by atoms with Gasteiger partial charge in [0.15, 0.2) is 0 Å². The maximum Gasteiger partial charge on any atom is 0.294 e. The van der Waals surface area contributed by atoms with Gasteiger partial charge in [-0.15, -0.1) is 0 Å². The number of anilines is 1. The normalized spacial score (nSPS) is 23.1. The van der Waals surface area contributed by atoms with E-state index >= 15 is 0 Å². The van der Waals surface area contributed by atoms with Crippen molar-refractivity contribution in [2.24, 2.45) is 27.7 Å². The van der Waals surface area contributed by atoms with E-state index < -0.39 is 11.8 Å². The van der Waals surface area contributed by atoms with Gasteiger partial charge in [0.05, 0.1) is 5.92 Å². The summed E-state index contributed by atoms with van der Waals surface area (Å²) in [5.74, 6) is -0.928. The molecule has 176 valence electrons. The molecule has 2 aliphatic rings. The lowest BCUT2D eigenvalue weighted by Crippen LogP contribution is -2.32. The molecule has 0 aromatic heterocycles. The van der Waals surface area contributed by atoms with Crippen molar-refractivity contribution < 1.29 is 14.0 Å². The van der Waals surface area contributed by atoms with Crippen LogP contribution in [0.25, 0.3) is 0 Å². The average Bonchev–Trinajstić information content (AvgIpc) is 3.06. The van der Waals surface area contributed by atoms with Crippen molar-refractivity contribution in [2.75, 3.05) is 18.5 Å². The Morgan fingerprint density at radius 2 is 1.91 bits per heavy atom. The topological polar surface area (TPSA) is 62.1 Å². The molecule has 0 saturated heterocycles. The zero-order valence-corrected chi connectivity index (χ0v) is 19.9. The number of benzene rings is 2. The van der Waals surface area contributed by atoms with Crippen LogP contribution < -0.4 is 4.90 Å². The number of allylic oxidation sites excluding steroid dienone is 1. The molecule has 2 amide bonds. The molecule has 0 saturated carbocycles. The highest BCUT2D eigenvalue weighted by atomic mass is 19.1. The largest absolute Gasteiger partial charge is 0.315 e. The Labute approximate surface area is 200 Å². The molecule has 3 atom stereocenters. The molecule has 6 heteroatoms. The second-order valence-electron chi connectivity index (χ2n) is 9.23. The Bertz CT molecular complexity index is 1180. The fraction of sp³-hybridized carbons (Fsp3) is 0.357. The van der Waals surface area contributed by atoms with Gasteiger partial charge in [0.25, 0.3) is 5.91 Å². The Balaban J connectivity index is 1.54. The van der Waals surface area contributed by atoms with Gasteiger partial charge in [-0.25, -0.2) is 9.38 Å². The molecule has 2 aromatic carbocycles. The Kier molecular flexibility index (Phi) is 7.15. The molecule has 2 aromatic rings. The first-order valence-electron chi connectivity index (χ1n) is 11.8. The molecule has 0 bridgehead atoms. The van der Waals surface area contributed by atoms with Gasteiger partial charge in [-0.3, -0.25) is 14.6 Å². The summed E-state index contributed by atoms with van der Waals surface area (Å²) in [6, 6.07) is 14.5. The van der Waals surface area contributed by atoms with E-state index in [1.165, 1.54) is 12.3 Å². The third-order valence-corrected chi connectivity index (χ3v) is 6.98. The fourth-order valence-corrected chi connectivity index (χ4v) is 4.54. The van der Waals surface area contributed by atoms with Gasteiger partial charge >= 0.3 is 0 Å². The number of hydrogen-bond acceptors (Lipinski definition) is 3. The number of aliphatic imine (C=N–C) groups is 2. The molecule has 0 N–H and O–H groups in total. The van der Waals surface area contributed by atoms with Gasteiger partial charge in [-0.2, -0.15) is 0 Å². The predicted octanol–water partition coefficient (Wildman–Crippen LogP) is 4.84. The summed E-state index contributed by atoms with van der Waals surface area (Å²) in [5, 5.41) is 0. The highest BCUT2D eigenvalue weighted by Gasteiger charge is 2.28. The molecular formula is C28H30FN3O2. The number of amides is 2. The maximum atomic E-state index is 14.3. The average molecular weight is 460 g/mol. The first-order chi connectivity index (χ1) is 16.3. The fourth-order valence-electron chi connectivity index (χ4n) is 4.54. The van der Waals surface area contributed by atoms with Crippen molar-refractivity contribution in [3.63, 3.8) is 0 Å². The summed E-state index contributed by atoms with van der Waals surface area (Å²) in [7, 11) is 1.75. The van der Waals surface area contributed by atoms with Crippen molar-refractivity contribution >= 4 is 29.4 Å². The van der Waals surface area contributed by atoms with E-state index in [2.05, 4.69) is 23.8 Å². The molecular weight excluding hydrogens is 429 g/mol. The summed E-state index contributed by atoms with van der Waals surface area (Å²) in [4.78, 5) is 36.3. The summed E-state index contributed by atoms with van der Waals surface area (Å²) in [6.07, 6.45) is 4.97. The highest BCUT2D eigenvalue weighted by Crippen LogP contribution is 2.29. The molecule has 0 radical (unpaired) electrons. The molecule has 2 heterocycles. The van der Waals surface area contributed by atoms with Gasteiger partial charge in [0.1, 0.15) is 11.5 Å². The number of carbonyl (C=O) groups is 2. The molecule has 34 heavy (non-hydrogen) atoms. The van der Waals surface area contributed by atoms with Crippen LogP contribution in [0.2, 0.25) is 0 Å². The van der Waals surface area contributed by atoms with Crippen LogP contribution in [0.4, 0.5) is 10.1 Å². The third kappa shape index (κ3) is 5.06.